The van der Waals surface area contributed by atoms with E-state index in [9.17, 15) is 5.11 Å². The van der Waals surface area contributed by atoms with Gasteiger partial charge in [0.25, 0.3) is 0 Å². The van der Waals surface area contributed by atoms with Crippen LogP contribution in [-0.2, 0) is 5.60 Å². The molecule has 1 saturated heterocycles. The highest BCUT2D eigenvalue weighted by Crippen LogP contribution is 2.40. The second-order valence-electron chi connectivity index (χ2n) is 8.35. The first-order valence-corrected chi connectivity index (χ1v) is 10.1. The van der Waals surface area contributed by atoms with Gasteiger partial charge in [-0.25, -0.2) is 0 Å². The zero-order chi connectivity index (χ0) is 18.9. The number of benzene rings is 1. The molecule has 4 rings (SSSR count). The predicted octanol–water partition coefficient (Wildman–Crippen LogP) is 3.80. The molecule has 2 atom stereocenters. The number of hydrogen-bond acceptors (Lipinski definition) is 4. The number of ether oxygens (including phenoxy) is 1. The summed E-state index contributed by atoms with van der Waals surface area (Å²) >= 11 is 0. The second-order valence-corrected chi connectivity index (χ2v) is 8.35. The van der Waals surface area contributed by atoms with Crippen LogP contribution in [0.5, 0.6) is 5.75 Å². The first-order chi connectivity index (χ1) is 13.0. The van der Waals surface area contributed by atoms with Crippen LogP contribution in [0.2, 0.25) is 0 Å². The van der Waals surface area contributed by atoms with Gasteiger partial charge in [-0.15, -0.1) is 0 Å². The minimum absolute atomic E-state index is 0.117. The molecule has 3 aliphatic rings. The van der Waals surface area contributed by atoms with Crippen LogP contribution in [0.3, 0.4) is 0 Å². The second kappa shape index (κ2) is 7.61. The van der Waals surface area contributed by atoms with Crippen LogP contribution in [0, 0.1) is 5.92 Å². The van der Waals surface area contributed by atoms with Crippen LogP contribution in [0.15, 0.2) is 41.4 Å². The summed E-state index contributed by atoms with van der Waals surface area (Å²) in [7, 11) is 0. The summed E-state index contributed by atoms with van der Waals surface area (Å²) in [5.74, 6) is 1.13. The van der Waals surface area contributed by atoms with E-state index in [-0.39, 0.29) is 12.0 Å². The molecule has 0 radical (unpaired) electrons. The number of allylic oxidation sites excluding steroid dienone is 1. The van der Waals surface area contributed by atoms with Gasteiger partial charge in [-0.05, 0) is 75.5 Å². The highest BCUT2D eigenvalue weighted by atomic mass is 16.5. The molecule has 4 heteroatoms. The summed E-state index contributed by atoms with van der Waals surface area (Å²) in [5.41, 5.74) is 2.43. The van der Waals surface area contributed by atoms with Gasteiger partial charge in [-0.1, -0.05) is 18.2 Å². The summed E-state index contributed by atoms with van der Waals surface area (Å²) in [6.45, 7) is 7.80. The van der Waals surface area contributed by atoms with Gasteiger partial charge >= 0.3 is 0 Å². The molecular formula is C23H30N2O2. The lowest BCUT2D eigenvalue weighted by atomic mass is 9.84. The zero-order valence-corrected chi connectivity index (χ0v) is 16.4. The van der Waals surface area contributed by atoms with Crippen molar-refractivity contribution in [1.82, 2.24) is 4.90 Å². The van der Waals surface area contributed by atoms with Gasteiger partial charge in [-0.3, -0.25) is 4.99 Å². The van der Waals surface area contributed by atoms with E-state index in [1.54, 1.807) is 0 Å². The van der Waals surface area contributed by atoms with Crippen molar-refractivity contribution in [2.24, 2.45) is 10.9 Å². The monoisotopic (exact) mass is 366 g/mol. The van der Waals surface area contributed by atoms with E-state index in [1.807, 2.05) is 38.3 Å². The van der Waals surface area contributed by atoms with Crippen molar-refractivity contribution in [1.29, 1.82) is 0 Å². The molecule has 3 heterocycles. The van der Waals surface area contributed by atoms with E-state index in [0.29, 0.717) is 6.61 Å². The lowest BCUT2D eigenvalue weighted by Gasteiger charge is -2.24. The fourth-order valence-corrected chi connectivity index (χ4v) is 4.28. The Kier molecular flexibility index (Phi) is 5.20. The van der Waals surface area contributed by atoms with Gasteiger partial charge in [0.15, 0.2) is 0 Å². The normalized spacial score (nSPS) is 26.6. The smallest absolute Gasteiger partial charge is 0.126 e. The first kappa shape index (κ1) is 18.5. The molecule has 0 aromatic heterocycles. The number of hydrogen-bond donors (Lipinski definition) is 1. The molecule has 27 heavy (non-hydrogen) atoms. The Morgan fingerprint density at radius 3 is 2.89 bits per heavy atom. The molecule has 1 N–H and O–H groups in total. The van der Waals surface area contributed by atoms with Crippen LogP contribution in [0.25, 0.3) is 5.57 Å². The predicted molar refractivity (Wildman–Crippen MR) is 110 cm³/mol. The third kappa shape index (κ3) is 4.02. The molecule has 144 valence electrons. The highest BCUT2D eigenvalue weighted by Gasteiger charge is 2.31. The van der Waals surface area contributed by atoms with Crippen molar-refractivity contribution in [3.05, 3.63) is 47.6 Å². The summed E-state index contributed by atoms with van der Waals surface area (Å²) < 4.78 is 6.12. The molecule has 4 nitrogen and oxygen atoms in total. The average Bonchev–Trinajstić information content (AvgIpc) is 3.11. The van der Waals surface area contributed by atoms with Crippen LogP contribution < -0.4 is 4.74 Å². The first-order valence-electron chi connectivity index (χ1n) is 10.1. The van der Waals surface area contributed by atoms with Crippen LogP contribution >= 0.6 is 0 Å². The van der Waals surface area contributed by atoms with Crippen molar-refractivity contribution >= 4 is 11.8 Å². The number of rotatable bonds is 4. The standard InChI is InChI=1S/C23H30N2O2/c1-23(2,26)17-9-10-22-20(15-17)18(8-6-14-25-12-3-4-13-25)19-7-5-11-24-21(19)16-27-22/h5,7-11,15,19,21,26H,3-4,6,12-14,16H2,1-2H3/b18-8+. The number of fused-ring (bicyclic) bond motifs is 2. The van der Waals surface area contributed by atoms with Crippen LogP contribution in [-0.4, -0.2) is 48.5 Å². The van der Waals surface area contributed by atoms with Gasteiger partial charge in [0, 0.05) is 24.2 Å². The molecular weight excluding hydrogens is 336 g/mol. The van der Waals surface area contributed by atoms with Crippen molar-refractivity contribution in [3.8, 4) is 5.75 Å². The number of aliphatic imine (C=N–C) groups is 1. The van der Waals surface area contributed by atoms with Gasteiger partial charge in [0.05, 0.1) is 11.6 Å². The maximum atomic E-state index is 10.5. The summed E-state index contributed by atoms with van der Waals surface area (Å²) in [4.78, 5) is 7.21. The Bertz CT molecular complexity index is 767. The van der Waals surface area contributed by atoms with Crippen molar-refractivity contribution in [2.75, 3.05) is 26.2 Å². The van der Waals surface area contributed by atoms with Crippen molar-refractivity contribution < 1.29 is 9.84 Å². The molecule has 0 amide bonds. The maximum absolute atomic E-state index is 10.5. The summed E-state index contributed by atoms with van der Waals surface area (Å²) in [6, 6.07) is 6.19. The van der Waals surface area contributed by atoms with E-state index in [4.69, 9.17) is 4.74 Å². The quantitative estimate of drug-likeness (QED) is 0.881. The van der Waals surface area contributed by atoms with Crippen LogP contribution in [0.4, 0.5) is 0 Å². The zero-order valence-electron chi connectivity index (χ0n) is 16.4. The minimum atomic E-state index is -0.873. The molecule has 2 unspecified atom stereocenters. The van der Waals surface area contributed by atoms with Gasteiger partial charge < -0.3 is 14.7 Å². The molecule has 0 aliphatic carbocycles. The average molecular weight is 367 g/mol. The fourth-order valence-electron chi connectivity index (χ4n) is 4.28. The molecule has 0 bridgehead atoms. The maximum Gasteiger partial charge on any atom is 0.126 e. The van der Waals surface area contributed by atoms with Crippen molar-refractivity contribution in [2.45, 2.75) is 44.8 Å². The molecule has 0 spiro atoms. The van der Waals surface area contributed by atoms with Crippen molar-refractivity contribution in [3.63, 3.8) is 0 Å². The number of dihydropyridines is 1. The SMILES string of the molecule is CC(C)(O)c1ccc2c(c1)/C(=C/CCN1CCCC1)C1C=CC=NC1CO2. The third-order valence-corrected chi connectivity index (χ3v) is 5.87. The number of aliphatic hydroxyl groups is 1. The van der Waals surface area contributed by atoms with E-state index in [0.717, 1.165) is 29.8 Å². The Labute approximate surface area is 162 Å². The van der Waals surface area contributed by atoms with Gasteiger partial charge in [0.2, 0.25) is 0 Å². The molecule has 1 aromatic rings. The largest absolute Gasteiger partial charge is 0.491 e. The van der Waals surface area contributed by atoms with Gasteiger partial charge in [-0.2, -0.15) is 0 Å². The lowest BCUT2D eigenvalue weighted by molar-refractivity contribution is 0.0785. The summed E-state index contributed by atoms with van der Waals surface area (Å²) in [6.07, 6.45) is 12.2. The van der Waals surface area contributed by atoms with Crippen LogP contribution in [0.1, 0.15) is 44.2 Å². The molecule has 1 aromatic carbocycles. The Morgan fingerprint density at radius 1 is 1.30 bits per heavy atom. The molecule has 0 saturated carbocycles. The number of likely N-dealkylation sites (tertiary alicyclic amines) is 1. The van der Waals surface area contributed by atoms with E-state index in [1.165, 1.54) is 31.5 Å². The minimum Gasteiger partial charge on any atom is -0.491 e. The molecule has 3 aliphatic heterocycles. The third-order valence-electron chi connectivity index (χ3n) is 5.87. The topological polar surface area (TPSA) is 45.1 Å². The number of nitrogens with zero attached hydrogens (tertiary/aromatic N) is 2. The Morgan fingerprint density at radius 2 is 2.11 bits per heavy atom. The summed E-state index contributed by atoms with van der Waals surface area (Å²) in [5, 5.41) is 10.5. The highest BCUT2D eigenvalue weighted by molar-refractivity contribution is 5.79. The molecule has 1 fully saturated rings. The fraction of sp³-hybridized carbons (Fsp3) is 0.522. The lowest BCUT2D eigenvalue weighted by Crippen LogP contribution is -2.25. The van der Waals surface area contributed by atoms with E-state index < -0.39 is 5.60 Å². The van der Waals surface area contributed by atoms with E-state index in [2.05, 4.69) is 28.1 Å². The van der Waals surface area contributed by atoms with E-state index >= 15 is 0 Å². The Hall–Kier alpha value is -1.91. The van der Waals surface area contributed by atoms with Gasteiger partial charge in [0.1, 0.15) is 12.4 Å². The Balaban J connectivity index is 1.69.